The molecular formula is C18H22BrNO. The Kier molecular flexibility index (Phi) is 5.83. The number of hydrogen-bond acceptors (Lipinski definition) is 2. The van der Waals surface area contributed by atoms with Crippen molar-refractivity contribution in [3.8, 4) is 5.75 Å². The molecule has 1 atom stereocenters. The van der Waals surface area contributed by atoms with E-state index in [0.29, 0.717) is 6.61 Å². The maximum absolute atomic E-state index is 6.06. The average molecular weight is 348 g/mol. The first-order chi connectivity index (χ1) is 10.1. The molecule has 1 N–H and O–H groups in total. The third kappa shape index (κ3) is 4.32. The van der Waals surface area contributed by atoms with Gasteiger partial charge in [0, 0.05) is 21.6 Å². The summed E-state index contributed by atoms with van der Waals surface area (Å²) in [6.07, 6.45) is 0. The molecule has 0 radical (unpaired) electrons. The van der Waals surface area contributed by atoms with Gasteiger partial charge >= 0.3 is 0 Å². The third-order valence-corrected chi connectivity index (χ3v) is 4.26. The van der Waals surface area contributed by atoms with E-state index in [9.17, 15) is 0 Å². The van der Waals surface area contributed by atoms with Gasteiger partial charge in [-0.05, 0) is 32.5 Å². The molecule has 0 aromatic heterocycles. The number of benzene rings is 2. The van der Waals surface area contributed by atoms with Gasteiger partial charge in [0.25, 0.3) is 0 Å². The summed E-state index contributed by atoms with van der Waals surface area (Å²) in [7, 11) is 0. The molecule has 2 rings (SSSR count). The van der Waals surface area contributed by atoms with Crippen LogP contribution in [-0.4, -0.2) is 6.54 Å². The van der Waals surface area contributed by atoms with Gasteiger partial charge in [0.2, 0.25) is 0 Å². The van der Waals surface area contributed by atoms with Crippen molar-refractivity contribution in [3.05, 3.63) is 63.6 Å². The highest BCUT2D eigenvalue weighted by Crippen LogP contribution is 2.28. The van der Waals surface area contributed by atoms with E-state index < -0.39 is 0 Å². The maximum Gasteiger partial charge on any atom is 0.124 e. The molecule has 1 unspecified atom stereocenters. The van der Waals surface area contributed by atoms with Gasteiger partial charge in [0.05, 0.1) is 0 Å². The topological polar surface area (TPSA) is 21.3 Å². The lowest BCUT2D eigenvalue weighted by Crippen LogP contribution is -2.18. The van der Waals surface area contributed by atoms with Crippen LogP contribution in [0.1, 0.15) is 36.6 Å². The van der Waals surface area contributed by atoms with E-state index in [1.807, 2.05) is 18.2 Å². The Labute approximate surface area is 135 Å². The zero-order valence-electron chi connectivity index (χ0n) is 12.8. The van der Waals surface area contributed by atoms with Gasteiger partial charge in [-0.1, -0.05) is 58.7 Å². The Morgan fingerprint density at radius 1 is 1.19 bits per heavy atom. The van der Waals surface area contributed by atoms with E-state index >= 15 is 0 Å². The van der Waals surface area contributed by atoms with Crippen molar-refractivity contribution < 1.29 is 4.74 Å². The van der Waals surface area contributed by atoms with Crippen LogP contribution in [0.25, 0.3) is 0 Å². The monoisotopic (exact) mass is 347 g/mol. The van der Waals surface area contributed by atoms with Crippen molar-refractivity contribution in [3.63, 3.8) is 0 Å². The molecule has 2 aromatic rings. The minimum Gasteiger partial charge on any atom is -0.489 e. The molecule has 0 spiro atoms. The quantitative estimate of drug-likeness (QED) is 0.793. The second kappa shape index (κ2) is 7.62. The summed E-state index contributed by atoms with van der Waals surface area (Å²) in [6.45, 7) is 7.91. The fourth-order valence-electron chi connectivity index (χ4n) is 2.32. The van der Waals surface area contributed by atoms with E-state index in [1.54, 1.807) is 0 Å². The summed E-state index contributed by atoms with van der Waals surface area (Å²) in [5.41, 5.74) is 3.62. The Morgan fingerprint density at radius 2 is 1.95 bits per heavy atom. The van der Waals surface area contributed by atoms with E-state index in [1.165, 1.54) is 11.1 Å². The summed E-state index contributed by atoms with van der Waals surface area (Å²) >= 11 is 3.56. The largest absolute Gasteiger partial charge is 0.489 e. The summed E-state index contributed by atoms with van der Waals surface area (Å²) in [5.74, 6) is 0.949. The van der Waals surface area contributed by atoms with Gasteiger partial charge in [-0.25, -0.2) is 0 Å². The second-order valence-electron chi connectivity index (χ2n) is 5.20. The molecule has 3 heteroatoms. The Morgan fingerprint density at radius 3 is 2.67 bits per heavy atom. The number of hydrogen-bond donors (Lipinski definition) is 1. The molecular weight excluding hydrogens is 326 g/mol. The van der Waals surface area contributed by atoms with Crippen LogP contribution < -0.4 is 10.1 Å². The molecule has 2 aromatic carbocycles. The zero-order valence-corrected chi connectivity index (χ0v) is 14.4. The van der Waals surface area contributed by atoms with Crippen molar-refractivity contribution in [2.24, 2.45) is 0 Å². The SMILES string of the molecule is CCNC(C)c1cc(C)ccc1OCc1ccccc1Br. The van der Waals surface area contributed by atoms with Crippen molar-refractivity contribution in [2.75, 3.05) is 6.54 Å². The van der Waals surface area contributed by atoms with Crippen LogP contribution >= 0.6 is 15.9 Å². The second-order valence-corrected chi connectivity index (χ2v) is 6.06. The molecule has 0 aliphatic rings. The molecule has 0 bridgehead atoms. The van der Waals surface area contributed by atoms with Gasteiger partial charge < -0.3 is 10.1 Å². The lowest BCUT2D eigenvalue weighted by molar-refractivity contribution is 0.299. The summed E-state index contributed by atoms with van der Waals surface area (Å²) in [6, 6.07) is 14.8. The Balaban J connectivity index is 2.18. The van der Waals surface area contributed by atoms with Crippen LogP contribution in [0.3, 0.4) is 0 Å². The summed E-state index contributed by atoms with van der Waals surface area (Å²) in [5, 5.41) is 3.45. The fraction of sp³-hybridized carbons (Fsp3) is 0.333. The molecule has 0 heterocycles. The molecule has 0 saturated carbocycles. The predicted molar refractivity (Wildman–Crippen MR) is 91.7 cm³/mol. The normalized spacial score (nSPS) is 12.2. The zero-order chi connectivity index (χ0) is 15.2. The first-order valence-electron chi connectivity index (χ1n) is 7.32. The van der Waals surface area contributed by atoms with Gasteiger partial charge in [-0.2, -0.15) is 0 Å². The van der Waals surface area contributed by atoms with Crippen LogP contribution in [0.2, 0.25) is 0 Å². The number of nitrogens with one attached hydrogen (secondary N) is 1. The van der Waals surface area contributed by atoms with Crippen molar-refractivity contribution in [1.82, 2.24) is 5.32 Å². The van der Waals surface area contributed by atoms with Crippen LogP contribution in [0.15, 0.2) is 46.9 Å². The summed E-state index contributed by atoms with van der Waals surface area (Å²) < 4.78 is 7.14. The molecule has 0 aliphatic heterocycles. The third-order valence-electron chi connectivity index (χ3n) is 3.48. The average Bonchev–Trinajstić information content (AvgIpc) is 2.47. The smallest absolute Gasteiger partial charge is 0.124 e. The number of ether oxygens (including phenoxy) is 1. The van der Waals surface area contributed by atoms with Crippen LogP contribution in [0, 0.1) is 6.92 Å². The Hall–Kier alpha value is -1.32. The minimum atomic E-state index is 0.282. The van der Waals surface area contributed by atoms with Crippen molar-refractivity contribution >= 4 is 15.9 Å². The molecule has 0 saturated heterocycles. The van der Waals surface area contributed by atoms with Gasteiger partial charge in [0.15, 0.2) is 0 Å². The molecule has 112 valence electrons. The summed E-state index contributed by atoms with van der Waals surface area (Å²) in [4.78, 5) is 0. The lowest BCUT2D eigenvalue weighted by atomic mass is 10.0. The molecule has 21 heavy (non-hydrogen) atoms. The maximum atomic E-state index is 6.06. The first kappa shape index (κ1) is 16.1. The number of halogens is 1. The van der Waals surface area contributed by atoms with Gasteiger partial charge in [-0.3, -0.25) is 0 Å². The molecule has 0 amide bonds. The predicted octanol–water partition coefficient (Wildman–Crippen LogP) is 5.01. The van der Waals surface area contributed by atoms with E-state index in [4.69, 9.17) is 4.74 Å². The number of aryl methyl sites for hydroxylation is 1. The van der Waals surface area contributed by atoms with E-state index in [0.717, 1.165) is 22.3 Å². The van der Waals surface area contributed by atoms with Crippen LogP contribution in [0.4, 0.5) is 0 Å². The number of rotatable bonds is 6. The van der Waals surface area contributed by atoms with Crippen molar-refractivity contribution in [1.29, 1.82) is 0 Å². The first-order valence-corrected chi connectivity index (χ1v) is 8.11. The lowest BCUT2D eigenvalue weighted by Gasteiger charge is -2.18. The highest BCUT2D eigenvalue weighted by atomic mass is 79.9. The molecule has 0 aliphatic carbocycles. The fourth-order valence-corrected chi connectivity index (χ4v) is 2.72. The van der Waals surface area contributed by atoms with E-state index in [2.05, 4.69) is 66.3 Å². The standard InChI is InChI=1S/C18H22BrNO/c1-4-20-14(3)16-11-13(2)9-10-18(16)21-12-15-7-5-6-8-17(15)19/h5-11,14,20H,4,12H2,1-3H3. The molecule has 0 fully saturated rings. The highest BCUT2D eigenvalue weighted by molar-refractivity contribution is 9.10. The van der Waals surface area contributed by atoms with Crippen LogP contribution in [-0.2, 0) is 6.61 Å². The van der Waals surface area contributed by atoms with Gasteiger partial charge in [0.1, 0.15) is 12.4 Å². The Bertz CT molecular complexity index is 598. The van der Waals surface area contributed by atoms with Gasteiger partial charge in [-0.15, -0.1) is 0 Å². The highest BCUT2D eigenvalue weighted by Gasteiger charge is 2.11. The molecule has 2 nitrogen and oxygen atoms in total. The minimum absolute atomic E-state index is 0.282. The van der Waals surface area contributed by atoms with E-state index in [-0.39, 0.29) is 6.04 Å². The van der Waals surface area contributed by atoms with Crippen molar-refractivity contribution in [2.45, 2.75) is 33.4 Å². The van der Waals surface area contributed by atoms with Crippen LogP contribution in [0.5, 0.6) is 5.75 Å².